The van der Waals surface area contributed by atoms with E-state index >= 15 is 0 Å². The monoisotopic (exact) mass is 328 g/mol. The standard InChI is InChI=1S/C15H24N2O2S2/c1-11-8-13(10-16-3)9-15(12(11)2)21(18,19)17-14-4-6-20-7-5-14/h8-9,14,16-17H,4-7,10H2,1-3H3. The molecule has 0 radical (unpaired) electrons. The van der Waals surface area contributed by atoms with E-state index in [0.717, 1.165) is 41.0 Å². The molecule has 1 saturated heterocycles. The normalized spacial score (nSPS) is 17.1. The maximum absolute atomic E-state index is 12.7. The zero-order valence-corrected chi connectivity index (χ0v) is 14.5. The molecule has 21 heavy (non-hydrogen) atoms. The molecule has 6 heteroatoms. The molecular formula is C15H24N2O2S2. The van der Waals surface area contributed by atoms with Crippen molar-refractivity contribution in [3.8, 4) is 0 Å². The zero-order chi connectivity index (χ0) is 15.5. The van der Waals surface area contributed by atoms with E-state index in [2.05, 4.69) is 10.0 Å². The van der Waals surface area contributed by atoms with Crippen LogP contribution in [0, 0.1) is 13.8 Å². The van der Waals surface area contributed by atoms with Crippen molar-refractivity contribution in [2.24, 2.45) is 0 Å². The van der Waals surface area contributed by atoms with Gasteiger partial charge in [0.2, 0.25) is 10.0 Å². The molecule has 2 rings (SSSR count). The summed E-state index contributed by atoms with van der Waals surface area (Å²) in [6.07, 6.45) is 1.83. The van der Waals surface area contributed by atoms with Crippen molar-refractivity contribution < 1.29 is 8.42 Å². The van der Waals surface area contributed by atoms with E-state index in [1.54, 1.807) is 6.07 Å². The number of rotatable bonds is 5. The van der Waals surface area contributed by atoms with E-state index in [9.17, 15) is 8.42 Å². The fourth-order valence-electron chi connectivity index (χ4n) is 2.58. The van der Waals surface area contributed by atoms with Gasteiger partial charge in [0.1, 0.15) is 0 Å². The summed E-state index contributed by atoms with van der Waals surface area (Å²) in [4.78, 5) is 0.422. The molecule has 0 unspecified atom stereocenters. The zero-order valence-electron chi connectivity index (χ0n) is 12.9. The highest BCUT2D eigenvalue weighted by Gasteiger charge is 2.24. The van der Waals surface area contributed by atoms with Gasteiger partial charge < -0.3 is 5.32 Å². The van der Waals surface area contributed by atoms with Crippen molar-refractivity contribution in [2.45, 2.75) is 44.2 Å². The van der Waals surface area contributed by atoms with E-state index in [1.165, 1.54) is 0 Å². The highest BCUT2D eigenvalue weighted by molar-refractivity contribution is 7.99. The van der Waals surface area contributed by atoms with E-state index in [4.69, 9.17) is 0 Å². The van der Waals surface area contributed by atoms with Gasteiger partial charge in [-0.15, -0.1) is 0 Å². The summed E-state index contributed by atoms with van der Waals surface area (Å²) in [7, 11) is -1.58. The lowest BCUT2D eigenvalue weighted by Gasteiger charge is -2.23. The predicted octanol–water partition coefficient (Wildman–Crippen LogP) is 2.20. The van der Waals surface area contributed by atoms with Crippen molar-refractivity contribution in [1.29, 1.82) is 0 Å². The van der Waals surface area contributed by atoms with Gasteiger partial charge in [-0.1, -0.05) is 6.07 Å². The minimum atomic E-state index is -3.44. The predicted molar refractivity (Wildman–Crippen MR) is 89.3 cm³/mol. The van der Waals surface area contributed by atoms with Crippen LogP contribution < -0.4 is 10.0 Å². The molecule has 0 spiro atoms. The van der Waals surface area contributed by atoms with Crippen molar-refractivity contribution in [1.82, 2.24) is 10.0 Å². The highest BCUT2D eigenvalue weighted by atomic mass is 32.2. The first-order valence-corrected chi connectivity index (χ1v) is 9.92. The minimum absolute atomic E-state index is 0.0731. The molecule has 1 aliphatic heterocycles. The number of aryl methyl sites for hydroxylation is 1. The molecule has 0 aliphatic carbocycles. The third-order valence-corrected chi connectivity index (χ3v) is 6.59. The Morgan fingerprint density at radius 2 is 1.90 bits per heavy atom. The quantitative estimate of drug-likeness (QED) is 0.870. The third-order valence-electron chi connectivity index (χ3n) is 3.89. The van der Waals surface area contributed by atoms with Crippen molar-refractivity contribution in [3.05, 3.63) is 28.8 Å². The Kier molecular flexibility index (Phi) is 5.71. The molecule has 0 bridgehead atoms. The summed E-state index contributed by atoms with van der Waals surface area (Å²) in [5.74, 6) is 2.07. The number of benzene rings is 1. The van der Waals surface area contributed by atoms with Gasteiger partial charge in [-0.25, -0.2) is 13.1 Å². The van der Waals surface area contributed by atoms with Gasteiger partial charge in [0.15, 0.2) is 0 Å². The molecule has 1 aromatic carbocycles. The van der Waals surface area contributed by atoms with Crippen LogP contribution in [0.4, 0.5) is 0 Å². The Morgan fingerprint density at radius 1 is 1.24 bits per heavy atom. The van der Waals surface area contributed by atoms with Crippen LogP contribution in [-0.2, 0) is 16.6 Å². The number of sulfonamides is 1. The van der Waals surface area contributed by atoms with E-state index in [1.807, 2.05) is 38.7 Å². The molecule has 0 saturated carbocycles. The van der Waals surface area contributed by atoms with Gasteiger partial charge in [-0.3, -0.25) is 0 Å². The van der Waals surface area contributed by atoms with E-state index in [-0.39, 0.29) is 6.04 Å². The van der Waals surface area contributed by atoms with Crippen LogP contribution >= 0.6 is 11.8 Å². The first-order valence-electron chi connectivity index (χ1n) is 7.29. The molecule has 118 valence electrons. The topological polar surface area (TPSA) is 58.2 Å². The van der Waals surface area contributed by atoms with Crippen LogP contribution in [0.1, 0.15) is 29.5 Å². The SMILES string of the molecule is CNCc1cc(C)c(C)c(S(=O)(=O)NC2CCSCC2)c1. The van der Waals surface area contributed by atoms with Gasteiger partial charge in [0, 0.05) is 12.6 Å². The lowest BCUT2D eigenvalue weighted by atomic mass is 10.1. The van der Waals surface area contributed by atoms with Crippen molar-refractivity contribution in [2.75, 3.05) is 18.6 Å². The molecule has 1 aliphatic rings. The smallest absolute Gasteiger partial charge is 0.241 e. The van der Waals surface area contributed by atoms with E-state index < -0.39 is 10.0 Å². The lowest BCUT2D eigenvalue weighted by Crippen LogP contribution is -2.37. The summed E-state index contributed by atoms with van der Waals surface area (Å²) in [6, 6.07) is 3.91. The molecule has 4 nitrogen and oxygen atoms in total. The van der Waals surface area contributed by atoms with Gasteiger partial charge in [-0.2, -0.15) is 11.8 Å². The van der Waals surface area contributed by atoms with Crippen LogP contribution in [0.3, 0.4) is 0 Å². The summed E-state index contributed by atoms with van der Waals surface area (Å²) in [6.45, 7) is 4.51. The first-order chi connectivity index (χ1) is 9.94. The summed E-state index contributed by atoms with van der Waals surface area (Å²) >= 11 is 1.89. The molecule has 0 amide bonds. The Morgan fingerprint density at radius 3 is 2.52 bits per heavy atom. The minimum Gasteiger partial charge on any atom is -0.316 e. The fraction of sp³-hybridized carbons (Fsp3) is 0.600. The van der Waals surface area contributed by atoms with Crippen LogP contribution in [0.15, 0.2) is 17.0 Å². The van der Waals surface area contributed by atoms with Gasteiger partial charge in [0.25, 0.3) is 0 Å². The summed E-state index contributed by atoms with van der Waals surface area (Å²) in [5, 5.41) is 3.07. The third kappa shape index (κ3) is 4.22. The first kappa shape index (κ1) is 16.8. The number of hydrogen-bond donors (Lipinski definition) is 2. The second-order valence-corrected chi connectivity index (χ2v) is 8.48. The van der Waals surface area contributed by atoms with Gasteiger partial charge in [0.05, 0.1) is 4.90 Å². The molecule has 1 heterocycles. The number of hydrogen-bond acceptors (Lipinski definition) is 4. The van der Waals surface area contributed by atoms with Crippen LogP contribution in [0.25, 0.3) is 0 Å². The summed E-state index contributed by atoms with van der Waals surface area (Å²) in [5.41, 5.74) is 2.86. The average molecular weight is 329 g/mol. The van der Waals surface area contributed by atoms with Crippen LogP contribution in [-0.4, -0.2) is 33.0 Å². The molecular weight excluding hydrogens is 304 g/mol. The Hall–Kier alpha value is -0.560. The van der Waals surface area contributed by atoms with Crippen LogP contribution in [0.2, 0.25) is 0 Å². The number of nitrogens with one attached hydrogen (secondary N) is 2. The van der Waals surface area contributed by atoms with Crippen molar-refractivity contribution in [3.63, 3.8) is 0 Å². The van der Waals surface area contributed by atoms with Crippen LogP contribution in [0.5, 0.6) is 0 Å². The Bertz CT molecular complexity index is 594. The van der Waals surface area contributed by atoms with Gasteiger partial charge >= 0.3 is 0 Å². The molecule has 1 aromatic rings. The second kappa shape index (κ2) is 7.13. The van der Waals surface area contributed by atoms with Gasteiger partial charge in [-0.05, 0) is 68.0 Å². The maximum atomic E-state index is 12.7. The maximum Gasteiger partial charge on any atom is 0.241 e. The fourth-order valence-corrected chi connectivity index (χ4v) is 5.36. The molecule has 1 fully saturated rings. The van der Waals surface area contributed by atoms with Crippen molar-refractivity contribution >= 4 is 21.8 Å². The molecule has 0 atom stereocenters. The highest BCUT2D eigenvalue weighted by Crippen LogP contribution is 2.24. The molecule has 0 aromatic heterocycles. The Labute approximate surface area is 132 Å². The van der Waals surface area contributed by atoms with E-state index in [0.29, 0.717) is 11.4 Å². The molecule has 2 N–H and O–H groups in total. The largest absolute Gasteiger partial charge is 0.316 e. The summed E-state index contributed by atoms with van der Waals surface area (Å²) < 4.78 is 28.3. The second-order valence-electron chi connectivity index (χ2n) is 5.57. The Balaban J connectivity index is 2.29. The number of thioether (sulfide) groups is 1. The lowest BCUT2D eigenvalue weighted by molar-refractivity contribution is 0.528. The average Bonchev–Trinajstić information content (AvgIpc) is 2.43.